The molecule has 4 unspecified atom stereocenters. The molecule has 0 aliphatic heterocycles. The van der Waals surface area contributed by atoms with Gasteiger partial charge in [0.05, 0.1) is 0 Å². The van der Waals surface area contributed by atoms with E-state index < -0.39 is 0 Å². The van der Waals surface area contributed by atoms with Crippen LogP contribution in [0.5, 0.6) is 0 Å². The molecule has 0 bridgehead atoms. The maximum absolute atomic E-state index is 2.75. The van der Waals surface area contributed by atoms with Crippen molar-refractivity contribution in [2.45, 2.75) is 111 Å². The van der Waals surface area contributed by atoms with Crippen LogP contribution < -0.4 is 0 Å². The Morgan fingerprint density at radius 1 is 1.04 bits per heavy atom. The normalized spacial score (nSPS) is 46.6. The van der Waals surface area contributed by atoms with E-state index in [1.807, 2.05) is 5.57 Å². The number of fused-ring (bicyclic) bond motifs is 5. The third-order valence-electron chi connectivity index (χ3n) is 10.1. The SMILES string of the molecule is B[C@H]1CC[C@@]2(C)C(=CCC3C4CCC(CCCCC(C)C)[C@@]4(C)CCC32)C1. The van der Waals surface area contributed by atoms with E-state index in [2.05, 4.69) is 41.6 Å². The summed E-state index contributed by atoms with van der Waals surface area (Å²) < 4.78 is 0. The topological polar surface area (TPSA) is 0 Å². The third kappa shape index (κ3) is 3.48. The van der Waals surface area contributed by atoms with Crippen molar-refractivity contribution in [2.24, 2.45) is 40.4 Å². The van der Waals surface area contributed by atoms with Crippen molar-refractivity contribution in [1.82, 2.24) is 0 Å². The van der Waals surface area contributed by atoms with E-state index in [0.717, 1.165) is 35.4 Å². The van der Waals surface area contributed by atoms with Gasteiger partial charge >= 0.3 is 0 Å². The van der Waals surface area contributed by atoms with Crippen molar-refractivity contribution >= 4 is 7.85 Å². The van der Waals surface area contributed by atoms with Gasteiger partial charge in [-0.2, -0.15) is 0 Å². The smallest absolute Gasteiger partial charge is 0.0845 e. The van der Waals surface area contributed by atoms with Crippen molar-refractivity contribution in [3.63, 3.8) is 0 Å². The van der Waals surface area contributed by atoms with E-state index in [9.17, 15) is 0 Å². The summed E-state index contributed by atoms with van der Waals surface area (Å²) in [4.78, 5) is 0. The lowest BCUT2D eigenvalue weighted by Gasteiger charge is -2.58. The van der Waals surface area contributed by atoms with E-state index in [1.54, 1.807) is 6.42 Å². The van der Waals surface area contributed by atoms with Gasteiger partial charge in [0.2, 0.25) is 0 Å². The van der Waals surface area contributed by atoms with Crippen LogP contribution in [0.15, 0.2) is 11.6 Å². The molecular formula is C26H45B. The molecule has 152 valence electrons. The van der Waals surface area contributed by atoms with Crippen LogP contribution in [-0.4, -0.2) is 7.85 Å². The van der Waals surface area contributed by atoms with Crippen molar-refractivity contribution < 1.29 is 0 Å². The van der Waals surface area contributed by atoms with Crippen LogP contribution in [0.2, 0.25) is 5.82 Å². The molecule has 0 heterocycles. The molecule has 0 nitrogen and oxygen atoms in total. The Bertz CT molecular complexity index is 563. The van der Waals surface area contributed by atoms with Crippen LogP contribution >= 0.6 is 0 Å². The predicted octanol–water partition coefficient (Wildman–Crippen LogP) is 7.20. The van der Waals surface area contributed by atoms with Gasteiger partial charge in [0.25, 0.3) is 0 Å². The molecule has 4 aliphatic carbocycles. The summed E-state index contributed by atoms with van der Waals surface area (Å²) in [6.07, 6.45) is 20.6. The molecule has 3 saturated carbocycles. The molecular weight excluding hydrogens is 323 g/mol. The lowest BCUT2D eigenvalue weighted by molar-refractivity contribution is -0.0424. The maximum Gasteiger partial charge on any atom is 0.105 e. The van der Waals surface area contributed by atoms with Crippen molar-refractivity contribution in [3.8, 4) is 0 Å². The lowest BCUT2D eigenvalue weighted by atomic mass is 9.46. The molecule has 4 aliphatic rings. The van der Waals surface area contributed by atoms with Gasteiger partial charge in [-0.25, -0.2) is 0 Å². The molecule has 0 saturated heterocycles. The average molecular weight is 368 g/mol. The van der Waals surface area contributed by atoms with Gasteiger partial charge in [-0.3, -0.25) is 0 Å². The maximum atomic E-state index is 2.75. The molecule has 0 spiro atoms. The van der Waals surface area contributed by atoms with Crippen LogP contribution in [0, 0.1) is 40.4 Å². The van der Waals surface area contributed by atoms with E-state index in [-0.39, 0.29) is 0 Å². The van der Waals surface area contributed by atoms with E-state index in [0.29, 0.717) is 10.8 Å². The Hall–Kier alpha value is -0.195. The minimum Gasteiger partial charge on any atom is -0.0845 e. The Morgan fingerprint density at radius 3 is 2.63 bits per heavy atom. The Morgan fingerprint density at radius 2 is 1.85 bits per heavy atom. The largest absolute Gasteiger partial charge is 0.105 e. The average Bonchev–Trinajstić information content (AvgIpc) is 2.96. The van der Waals surface area contributed by atoms with Gasteiger partial charge in [-0.1, -0.05) is 70.8 Å². The molecule has 1 heteroatoms. The van der Waals surface area contributed by atoms with Gasteiger partial charge in [-0.15, -0.1) is 0 Å². The van der Waals surface area contributed by atoms with Crippen LogP contribution in [0.1, 0.15) is 105 Å². The summed E-state index contributed by atoms with van der Waals surface area (Å²) in [5.74, 6) is 5.88. The van der Waals surface area contributed by atoms with Crippen LogP contribution in [0.25, 0.3) is 0 Å². The zero-order valence-corrected chi connectivity index (χ0v) is 19.0. The van der Waals surface area contributed by atoms with E-state index >= 15 is 0 Å². The second-order valence-corrected chi connectivity index (χ2v) is 12.1. The Labute approximate surface area is 170 Å². The van der Waals surface area contributed by atoms with Gasteiger partial charge in [0.15, 0.2) is 0 Å². The van der Waals surface area contributed by atoms with Crippen molar-refractivity contribution in [3.05, 3.63) is 11.6 Å². The van der Waals surface area contributed by atoms with E-state index in [1.165, 1.54) is 70.6 Å². The van der Waals surface area contributed by atoms with Gasteiger partial charge in [0, 0.05) is 0 Å². The molecule has 0 radical (unpaired) electrons. The second kappa shape index (κ2) is 7.57. The molecule has 7 atom stereocenters. The summed E-state index contributed by atoms with van der Waals surface area (Å²) in [5.41, 5.74) is 3.10. The first-order valence-electron chi connectivity index (χ1n) is 12.5. The number of hydrogen-bond acceptors (Lipinski definition) is 0. The van der Waals surface area contributed by atoms with Crippen molar-refractivity contribution in [2.75, 3.05) is 0 Å². The number of allylic oxidation sites excluding steroid dienone is 2. The first kappa shape index (κ1) is 20.1. The molecule has 0 aromatic heterocycles. The van der Waals surface area contributed by atoms with Crippen LogP contribution in [0.3, 0.4) is 0 Å². The zero-order chi connectivity index (χ0) is 19.2. The third-order valence-corrected chi connectivity index (χ3v) is 10.1. The van der Waals surface area contributed by atoms with Crippen LogP contribution in [0.4, 0.5) is 0 Å². The first-order valence-corrected chi connectivity index (χ1v) is 12.5. The quantitative estimate of drug-likeness (QED) is 0.273. The molecule has 27 heavy (non-hydrogen) atoms. The predicted molar refractivity (Wildman–Crippen MR) is 121 cm³/mol. The van der Waals surface area contributed by atoms with Crippen molar-refractivity contribution in [1.29, 1.82) is 0 Å². The number of rotatable bonds is 5. The summed E-state index contributed by atoms with van der Waals surface area (Å²) in [6.45, 7) is 10.2. The Kier molecular flexibility index (Phi) is 5.63. The summed E-state index contributed by atoms with van der Waals surface area (Å²) in [7, 11) is 2.48. The summed E-state index contributed by atoms with van der Waals surface area (Å²) in [5, 5.41) is 0. The highest BCUT2D eigenvalue weighted by Crippen LogP contribution is 2.67. The fourth-order valence-corrected chi connectivity index (χ4v) is 8.37. The number of hydrogen-bond donors (Lipinski definition) is 0. The number of unbranched alkanes of at least 4 members (excludes halogenated alkanes) is 1. The highest BCUT2D eigenvalue weighted by molar-refractivity contribution is 6.11. The lowest BCUT2D eigenvalue weighted by Crippen LogP contribution is -2.49. The molecule has 4 rings (SSSR count). The van der Waals surface area contributed by atoms with Crippen LogP contribution in [-0.2, 0) is 0 Å². The fraction of sp³-hybridized carbons (Fsp3) is 0.923. The minimum atomic E-state index is 0.562. The summed E-state index contributed by atoms with van der Waals surface area (Å²) in [6, 6.07) is 0. The van der Waals surface area contributed by atoms with Gasteiger partial charge in [-0.05, 0) is 91.8 Å². The molecule has 0 N–H and O–H groups in total. The highest BCUT2D eigenvalue weighted by Gasteiger charge is 2.58. The van der Waals surface area contributed by atoms with Gasteiger partial charge < -0.3 is 0 Å². The molecule has 0 amide bonds. The zero-order valence-electron chi connectivity index (χ0n) is 19.0. The fourth-order valence-electron chi connectivity index (χ4n) is 8.37. The molecule has 0 aromatic rings. The van der Waals surface area contributed by atoms with E-state index in [4.69, 9.17) is 0 Å². The summed E-state index contributed by atoms with van der Waals surface area (Å²) >= 11 is 0. The highest BCUT2D eigenvalue weighted by atomic mass is 14.6. The second-order valence-electron chi connectivity index (χ2n) is 12.1. The molecule has 0 aromatic carbocycles. The monoisotopic (exact) mass is 368 g/mol. The van der Waals surface area contributed by atoms with Gasteiger partial charge in [0.1, 0.15) is 7.85 Å². The molecule has 3 fully saturated rings. The first-order chi connectivity index (χ1) is 12.8. The minimum absolute atomic E-state index is 0.562. The standard InChI is InChI=1S/C26H45B/c1-18(2)7-5-6-8-19-10-12-23-22-11-9-20-17-21(27)13-15-26(20,4)24(22)14-16-25(19,23)3/h9,18-19,21-24H,5-8,10-17,27H2,1-4H3/t19?,21-,22?,23?,24?,25+,26-/m0/s1. The Balaban J connectivity index is 1.46.